The number of halogens is 2. The standard InChI is InChI=1S/C12H8BrFN2O/c13-11-9(2-1-3-10(11)14)12(17)16-8-4-6-15-7-5-8/h1-7H,(H,15,16,17). The molecule has 0 aliphatic heterocycles. The Kier molecular flexibility index (Phi) is 3.49. The lowest BCUT2D eigenvalue weighted by atomic mass is 10.2. The van der Waals surface area contributed by atoms with Crippen LogP contribution in [-0.2, 0) is 0 Å². The van der Waals surface area contributed by atoms with E-state index in [-0.39, 0.29) is 15.9 Å². The maximum absolute atomic E-state index is 13.2. The van der Waals surface area contributed by atoms with E-state index in [0.717, 1.165) is 0 Å². The SMILES string of the molecule is O=C(Nc1ccncc1)c1cccc(F)c1Br. The summed E-state index contributed by atoms with van der Waals surface area (Å²) in [5.74, 6) is -0.838. The number of rotatable bonds is 2. The summed E-state index contributed by atoms with van der Waals surface area (Å²) in [6.07, 6.45) is 3.13. The van der Waals surface area contributed by atoms with E-state index in [1.807, 2.05) is 0 Å². The summed E-state index contributed by atoms with van der Waals surface area (Å²) >= 11 is 3.05. The van der Waals surface area contributed by atoms with Gasteiger partial charge < -0.3 is 5.32 Å². The summed E-state index contributed by atoms with van der Waals surface area (Å²) in [6, 6.07) is 7.63. The van der Waals surface area contributed by atoms with Crippen molar-refractivity contribution in [3.05, 3.63) is 58.6 Å². The average Bonchev–Trinajstić information content (AvgIpc) is 2.34. The van der Waals surface area contributed by atoms with Crippen molar-refractivity contribution >= 4 is 27.5 Å². The molecule has 86 valence electrons. The number of amides is 1. The Balaban J connectivity index is 2.24. The Morgan fingerprint density at radius 2 is 1.94 bits per heavy atom. The monoisotopic (exact) mass is 294 g/mol. The first-order valence-corrected chi connectivity index (χ1v) is 5.63. The fourth-order valence-electron chi connectivity index (χ4n) is 1.31. The Morgan fingerprint density at radius 3 is 2.65 bits per heavy atom. The minimum atomic E-state index is -0.465. The Morgan fingerprint density at radius 1 is 1.24 bits per heavy atom. The number of aromatic nitrogens is 1. The van der Waals surface area contributed by atoms with E-state index in [4.69, 9.17) is 0 Å². The summed E-state index contributed by atoms with van der Waals surface area (Å²) in [5.41, 5.74) is 0.864. The topological polar surface area (TPSA) is 42.0 Å². The lowest BCUT2D eigenvalue weighted by Crippen LogP contribution is -2.13. The Labute approximate surface area is 106 Å². The van der Waals surface area contributed by atoms with Crippen LogP contribution in [0.2, 0.25) is 0 Å². The summed E-state index contributed by atoms with van der Waals surface area (Å²) in [4.78, 5) is 15.7. The zero-order valence-corrected chi connectivity index (χ0v) is 10.2. The first kappa shape index (κ1) is 11.7. The third-order valence-corrected chi connectivity index (χ3v) is 2.94. The summed E-state index contributed by atoms with van der Waals surface area (Å²) in [5, 5.41) is 2.65. The second-order valence-corrected chi connectivity index (χ2v) is 4.08. The number of carbonyl (C=O) groups is 1. The van der Waals surface area contributed by atoms with Gasteiger partial charge in [-0.2, -0.15) is 0 Å². The molecule has 0 saturated carbocycles. The fraction of sp³-hybridized carbons (Fsp3) is 0. The molecule has 0 spiro atoms. The number of anilines is 1. The zero-order valence-electron chi connectivity index (χ0n) is 8.65. The fourth-order valence-corrected chi connectivity index (χ4v) is 1.76. The van der Waals surface area contributed by atoms with Crippen molar-refractivity contribution in [2.45, 2.75) is 0 Å². The molecule has 2 aromatic rings. The van der Waals surface area contributed by atoms with Crippen LogP contribution in [0.25, 0.3) is 0 Å². The summed E-state index contributed by atoms with van der Waals surface area (Å²) < 4.78 is 13.4. The van der Waals surface area contributed by atoms with Crippen LogP contribution in [0, 0.1) is 5.82 Å². The van der Waals surface area contributed by atoms with Crippen molar-refractivity contribution in [1.29, 1.82) is 0 Å². The minimum Gasteiger partial charge on any atom is -0.322 e. The average molecular weight is 295 g/mol. The van der Waals surface area contributed by atoms with Crippen molar-refractivity contribution in [3.63, 3.8) is 0 Å². The van der Waals surface area contributed by atoms with Crippen LogP contribution in [0.5, 0.6) is 0 Å². The zero-order chi connectivity index (χ0) is 12.3. The van der Waals surface area contributed by atoms with Gasteiger partial charge in [0.15, 0.2) is 0 Å². The third-order valence-electron chi connectivity index (χ3n) is 2.13. The van der Waals surface area contributed by atoms with E-state index in [0.29, 0.717) is 5.69 Å². The number of nitrogens with one attached hydrogen (secondary N) is 1. The van der Waals surface area contributed by atoms with E-state index in [1.54, 1.807) is 30.6 Å². The molecule has 0 radical (unpaired) electrons. The van der Waals surface area contributed by atoms with Gasteiger partial charge in [0, 0.05) is 18.1 Å². The lowest BCUT2D eigenvalue weighted by molar-refractivity contribution is 0.102. The van der Waals surface area contributed by atoms with Crippen molar-refractivity contribution < 1.29 is 9.18 Å². The van der Waals surface area contributed by atoms with Gasteiger partial charge in [0.05, 0.1) is 10.0 Å². The van der Waals surface area contributed by atoms with E-state index in [9.17, 15) is 9.18 Å². The normalized spacial score (nSPS) is 10.0. The number of benzene rings is 1. The van der Waals surface area contributed by atoms with Crippen LogP contribution < -0.4 is 5.32 Å². The molecule has 1 amide bonds. The molecule has 1 N–H and O–H groups in total. The van der Waals surface area contributed by atoms with Gasteiger partial charge in [-0.05, 0) is 40.2 Å². The first-order valence-electron chi connectivity index (χ1n) is 4.84. The van der Waals surface area contributed by atoms with Gasteiger partial charge in [-0.1, -0.05) is 6.07 Å². The molecule has 0 saturated heterocycles. The Bertz CT molecular complexity index is 545. The predicted octanol–water partition coefficient (Wildman–Crippen LogP) is 3.24. The van der Waals surface area contributed by atoms with Gasteiger partial charge >= 0.3 is 0 Å². The molecule has 0 fully saturated rings. The van der Waals surface area contributed by atoms with E-state index in [2.05, 4.69) is 26.2 Å². The molecule has 0 bridgehead atoms. The van der Waals surface area contributed by atoms with Gasteiger partial charge in [0.2, 0.25) is 0 Å². The lowest BCUT2D eigenvalue weighted by Gasteiger charge is -2.06. The molecule has 1 heterocycles. The molecule has 0 aliphatic carbocycles. The van der Waals surface area contributed by atoms with Crippen molar-refractivity contribution in [2.75, 3.05) is 5.32 Å². The highest BCUT2D eigenvalue weighted by molar-refractivity contribution is 9.10. The van der Waals surface area contributed by atoms with Gasteiger partial charge in [-0.3, -0.25) is 9.78 Å². The van der Waals surface area contributed by atoms with E-state index in [1.165, 1.54) is 12.1 Å². The van der Waals surface area contributed by atoms with Crippen LogP contribution in [0.15, 0.2) is 47.2 Å². The number of nitrogens with zero attached hydrogens (tertiary/aromatic N) is 1. The van der Waals surface area contributed by atoms with E-state index < -0.39 is 5.82 Å². The second-order valence-electron chi connectivity index (χ2n) is 3.29. The molecule has 0 aliphatic rings. The number of carbonyl (C=O) groups excluding carboxylic acids is 1. The highest BCUT2D eigenvalue weighted by Crippen LogP contribution is 2.21. The molecule has 2 rings (SSSR count). The molecule has 5 heteroatoms. The number of hydrogen-bond acceptors (Lipinski definition) is 2. The van der Waals surface area contributed by atoms with Crippen LogP contribution >= 0.6 is 15.9 Å². The number of pyridine rings is 1. The molecular formula is C12H8BrFN2O. The second kappa shape index (κ2) is 5.05. The largest absolute Gasteiger partial charge is 0.322 e. The molecule has 0 unspecified atom stereocenters. The van der Waals surface area contributed by atoms with Crippen molar-refractivity contribution in [2.24, 2.45) is 0 Å². The quantitative estimate of drug-likeness (QED) is 0.924. The highest BCUT2D eigenvalue weighted by Gasteiger charge is 2.12. The van der Waals surface area contributed by atoms with Crippen LogP contribution in [0.3, 0.4) is 0 Å². The van der Waals surface area contributed by atoms with Crippen LogP contribution in [0.4, 0.5) is 10.1 Å². The van der Waals surface area contributed by atoms with E-state index >= 15 is 0 Å². The summed E-state index contributed by atoms with van der Waals surface area (Å²) in [6.45, 7) is 0. The molecule has 3 nitrogen and oxygen atoms in total. The first-order chi connectivity index (χ1) is 8.18. The van der Waals surface area contributed by atoms with Gasteiger partial charge in [-0.15, -0.1) is 0 Å². The van der Waals surface area contributed by atoms with Crippen LogP contribution in [0.1, 0.15) is 10.4 Å². The van der Waals surface area contributed by atoms with Gasteiger partial charge in [0.1, 0.15) is 5.82 Å². The maximum Gasteiger partial charge on any atom is 0.256 e. The molecule has 1 aromatic heterocycles. The highest BCUT2D eigenvalue weighted by atomic mass is 79.9. The molecular weight excluding hydrogens is 287 g/mol. The third kappa shape index (κ3) is 2.68. The molecule has 1 aromatic carbocycles. The molecule has 0 atom stereocenters. The molecule has 17 heavy (non-hydrogen) atoms. The van der Waals surface area contributed by atoms with Crippen molar-refractivity contribution in [1.82, 2.24) is 4.98 Å². The number of hydrogen-bond donors (Lipinski definition) is 1. The maximum atomic E-state index is 13.2. The van der Waals surface area contributed by atoms with Gasteiger partial charge in [0.25, 0.3) is 5.91 Å². The summed E-state index contributed by atoms with van der Waals surface area (Å²) in [7, 11) is 0. The van der Waals surface area contributed by atoms with Gasteiger partial charge in [-0.25, -0.2) is 4.39 Å². The van der Waals surface area contributed by atoms with Crippen molar-refractivity contribution in [3.8, 4) is 0 Å². The minimum absolute atomic E-state index is 0.159. The Hall–Kier alpha value is -1.75. The smallest absolute Gasteiger partial charge is 0.256 e. The predicted molar refractivity (Wildman–Crippen MR) is 66.3 cm³/mol. The van der Waals surface area contributed by atoms with Crippen LogP contribution in [-0.4, -0.2) is 10.9 Å².